The Kier molecular flexibility index (Phi) is 4.45. The summed E-state index contributed by atoms with van der Waals surface area (Å²) in [4.78, 5) is 49.9. The highest BCUT2D eigenvalue weighted by molar-refractivity contribution is 5.94. The van der Waals surface area contributed by atoms with E-state index >= 15 is 0 Å². The van der Waals surface area contributed by atoms with Gasteiger partial charge in [0.15, 0.2) is 0 Å². The Hall–Kier alpha value is -2.70. The van der Waals surface area contributed by atoms with Crippen molar-refractivity contribution in [2.24, 2.45) is 0 Å². The molecule has 1 amide bonds. The maximum Gasteiger partial charge on any atom is 0.261 e. The molecule has 0 bridgehead atoms. The fraction of sp³-hybridized carbons (Fsp3) is 0.500. The zero-order valence-corrected chi connectivity index (χ0v) is 15.7. The maximum absolute atomic E-state index is 13.1. The molecule has 7 heteroatoms. The fourth-order valence-electron chi connectivity index (χ4n) is 4.33. The average Bonchev–Trinajstić information content (AvgIpc) is 3.29. The van der Waals surface area contributed by atoms with Crippen LogP contribution >= 0.6 is 0 Å². The average molecular weight is 368 g/mol. The van der Waals surface area contributed by atoms with Crippen molar-refractivity contribution < 1.29 is 4.79 Å². The summed E-state index contributed by atoms with van der Waals surface area (Å²) >= 11 is 0. The summed E-state index contributed by atoms with van der Waals surface area (Å²) < 4.78 is 0. The van der Waals surface area contributed by atoms with E-state index in [-0.39, 0.29) is 28.6 Å². The van der Waals surface area contributed by atoms with Crippen LogP contribution in [0, 0.1) is 6.92 Å². The summed E-state index contributed by atoms with van der Waals surface area (Å²) in [6.45, 7) is 4.30. The number of carbonyl (C=O) groups excluding carboxylic acids is 1. The summed E-state index contributed by atoms with van der Waals surface area (Å²) in [5.41, 5.74) is 3.09. The van der Waals surface area contributed by atoms with Crippen LogP contribution in [0.5, 0.6) is 0 Å². The Balaban J connectivity index is 1.69. The van der Waals surface area contributed by atoms with Gasteiger partial charge in [-0.3, -0.25) is 14.4 Å². The van der Waals surface area contributed by atoms with E-state index in [4.69, 9.17) is 0 Å². The highest BCUT2D eigenvalue weighted by Crippen LogP contribution is 2.31. The standard InChI is InChI=1S/C20H24N4O3/c1-3-13-11(2)21-17(23-18(13)25)16-8-5-9-24(16)20(27)14-10-12-6-4-7-15(12)22-19(14)26/h10,16H,3-9H2,1-2H3,(H,22,26)(H,21,23,25)/t16-/m0/s1. The minimum Gasteiger partial charge on any atom is -0.328 e. The Morgan fingerprint density at radius 3 is 2.78 bits per heavy atom. The predicted molar refractivity (Wildman–Crippen MR) is 101 cm³/mol. The van der Waals surface area contributed by atoms with E-state index in [2.05, 4.69) is 15.0 Å². The van der Waals surface area contributed by atoms with E-state index in [0.29, 0.717) is 30.0 Å². The van der Waals surface area contributed by atoms with Crippen LogP contribution in [0.15, 0.2) is 15.7 Å². The maximum atomic E-state index is 13.1. The lowest BCUT2D eigenvalue weighted by atomic mass is 10.1. The van der Waals surface area contributed by atoms with Gasteiger partial charge in [-0.05, 0) is 57.1 Å². The van der Waals surface area contributed by atoms with Gasteiger partial charge in [-0.1, -0.05) is 6.92 Å². The molecule has 0 unspecified atom stereocenters. The zero-order valence-electron chi connectivity index (χ0n) is 15.7. The number of hydrogen-bond donors (Lipinski definition) is 2. The molecule has 0 spiro atoms. The molecule has 0 saturated carbocycles. The Morgan fingerprint density at radius 1 is 1.22 bits per heavy atom. The first-order chi connectivity index (χ1) is 13.0. The van der Waals surface area contributed by atoms with Crippen molar-refractivity contribution in [1.29, 1.82) is 0 Å². The van der Waals surface area contributed by atoms with Crippen molar-refractivity contribution in [3.8, 4) is 0 Å². The highest BCUT2D eigenvalue weighted by atomic mass is 16.2. The van der Waals surface area contributed by atoms with E-state index in [1.165, 1.54) is 0 Å². The van der Waals surface area contributed by atoms with E-state index in [9.17, 15) is 14.4 Å². The summed E-state index contributed by atoms with van der Waals surface area (Å²) in [6.07, 6.45) is 4.91. The molecule has 1 aliphatic carbocycles. The number of nitrogens with zero attached hydrogens (tertiary/aromatic N) is 2. The van der Waals surface area contributed by atoms with Gasteiger partial charge in [0.25, 0.3) is 17.0 Å². The summed E-state index contributed by atoms with van der Waals surface area (Å²) in [6, 6.07) is 1.45. The Labute approximate surface area is 156 Å². The van der Waals surface area contributed by atoms with Gasteiger partial charge in [-0.25, -0.2) is 4.98 Å². The van der Waals surface area contributed by atoms with E-state index in [1.54, 1.807) is 11.0 Å². The summed E-state index contributed by atoms with van der Waals surface area (Å²) in [7, 11) is 0. The zero-order chi connectivity index (χ0) is 19.1. The second kappa shape index (κ2) is 6.79. The van der Waals surface area contributed by atoms with Gasteiger partial charge in [0.05, 0.1) is 6.04 Å². The molecule has 0 aromatic carbocycles. The van der Waals surface area contributed by atoms with E-state index in [0.717, 1.165) is 43.4 Å². The third-order valence-electron chi connectivity index (χ3n) is 5.74. The molecule has 2 aliphatic rings. The van der Waals surface area contributed by atoms with Crippen LogP contribution < -0.4 is 11.1 Å². The Bertz CT molecular complexity index is 1020. The van der Waals surface area contributed by atoms with Gasteiger partial charge < -0.3 is 14.9 Å². The van der Waals surface area contributed by atoms with Crippen molar-refractivity contribution in [2.75, 3.05) is 6.54 Å². The molecule has 4 rings (SSSR count). The van der Waals surface area contributed by atoms with Crippen molar-refractivity contribution in [3.63, 3.8) is 0 Å². The normalized spacial score (nSPS) is 18.7. The molecule has 0 radical (unpaired) electrons. The van der Waals surface area contributed by atoms with Gasteiger partial charge >= 0.3 is 0 Å². The van der Waals surface area contributed by atoms with Gasteiger partial charge in [-0.15, -0.1) is 0 Å². The lowest BCUT2D eigenvalue weighted by Gasteiger charge is -2.24. The third-order valence-corrected chi connectivity index (χ3v) is 5.74. The molecular formula is C20H24N4O3. The number of hydrogen-bond acceptors (Lipinski definition) is 4. The third kappa shape index (κ3) is 3.01. The van der Waals surface area contributed by atoms with Crippen molar-refractivity contribution in [1.82, 2.24) is 19.9 Å². The molecule has 2 aromatic rings. The second-order valence-corrected chi connectivity index (χ2v) is 7.39. The summed E-state index contributed by atoms with van der Waals surface area (Å²) in [5, 5.41) is 0. The number of rotatable bonds is 3. The van der Waals surface area contributed by atoms with Crippen LogP contribution in [0.25, 0.3) is 0 Å². The lowest BCUT2D eigenvalue weighted by Crippen LogP contribution is -2.36. The van der Waals surface area contributed by atoms with Crippen molar-refractivity contribution >= 4 is 5.91 Å². The number of carbonyl (C=O) groups is 1. The van der Waals surface area contributed by atoms with Gasteiger partial charge in [0.2, 0.25) is 0 Å². The molecule has 3 heterocycles. The first kappa shape index (κ1) is 17.7. The van der Waals surface area contributed by atoms with Crippen LogP contribution in [0.1, 0.15) is 70.9 Å². The SMILES string of the molecule is CCc1c(C)nc([C@@H]2CCCN2C(=O)c2cc3c([nH]c2=O)CCC3)[nH]c1=O. The van der Waals surface area contributed by atoms with E-state index < -0.39 is 0 Å². The van der Waals surface area contributed by atoms with E-state index in [1.807, 2.05) is 13.8 Å². The van der Waals surface area contributed by atoms with Gasteiger partial charge in [-0.2, -0.15) is 0 Å². The molecule has 27 heavy (non-hydrogen) atoms. The highest BCUT2D eigenvalue weighted by Gasteiger charge is 2.34. The van der Waals surface area contributed by atoms with Crippen LogP contribution in [0.4, 0.5) is 0 Å². The molecule has 1 fully saturated rings. The number of nitrogens with one attached hydrogen (secondary N) is 2. The van der Waals surface area contributed by atoms with Crippen molar-refractivity contribution in [3.05, 3.63) is 60.7 Å². The molecular weight excluding hydrogens is 344 g/mol. The topological polar surface area (TPSA) is 98.9 Å². The predicted octanol–water partition coefficient (Wildman–Crippen LogP) is 1.80. The molecule has 1 aliphatic heterocycles. The summed E-state index contributed by atoms with van der Waals surface area (Å²) in [5.74, 6) is 0.228. The number of aromatic amines is 2. The molecule has 1 saturated heterocycles. The largest absolute Gasteiger partial charge is 0.328 e. The van der Waals surface area contributed by atoms with Gasteiger partial charge in [0, 0.05) is 23.5 Å². The van der Waals surface area contributed by atoms with Crippen LogP contribution in [-0.4, -0.2) is 32.3 Å². The molecule has 1 atom stereocenters. The minimum absolute atomic E-state index is 0.144. The van der Waals surface area contributed by atoms with Crippen LogP contribution in [-0.2, 0) is 19.3 Å². The number of likely N-dealkylation sites (tertiary alicyclic amines) is 1. The molecule has 142 valence electrons. The van der Waals surface area contributed by atoms with Crippen LogP contribution in [0.3, 0.4) is 0 Å². The number of pyridine rings is 1. The lowest BCUT2D eigenvalue weighted by molar-refractivity contribution is 0.0727. The molecule has 2 N–H and O–H groups in total. The quantitative estimate of drug-likeness (QED) is 0.863. The second-order valence-electron chi connectivity index (χ2n) is 7.39. The number of aryl methyl sites for hydroxylation is 3. The fourth-order valence-corrected chi connectivity index (χ4v) is 4.33. The minimum atomic E-state index is -0.328. The number of fused-ring (bicyclic) bond motifs is 1. The first-order valence-corrected chi connectivity index (χ1v) is 9.65. The molecule has 7 nitrogen and oxygen atoms in total. The number of amides is 1. The number of aromatic nitrogens is 3. The molecule has 2 aromatic heterocycles. The Morgan fingerprint density at radius 2 is 2.04 bits per heavy atom. The smallest absolute Gasteiger partial charge is 0.261 e. The monoisotopic (exact) mass is 368 g/mol. The van der Waals surface area contributed by atoms with Crippen LogP contribution in [0.2, 0.25) is 0 Å². The first-order valence-electron chi connectivity index (χ1n) is 9.65. The van der Waals surface area contributed by atoms with Crippen molar-refractivity contribution in [2.45, 2.75) is 58.4 Å². The van der Waals surface area contributed by atoms with Gasteiger partial charge in [0.1, 0.15) is 11.4 Å². The number of H-pyrrole nitrogens is 2.